The average Bonchev–Trinajstić information content (AvgIpc) is 3.19. The SMILES string of the molecule is Cc1cnc(NCC[C@@H]2CCOC23CN(Cc2ccoc2)C3)nc1. The number of aromatic nitrogens is 2. The van der Waals surface area contributed by atoms with Gasteiger partial charge >= 0.3 is 0 Å². The third-order valence-corrected chi connectivity index (χ3v) is 5.13. The first kappa shape index (κ1) is 15.6. The Bertz CT molecular complexity index is 650. The second-order valence-corrected chi connectivity index (χ2v) is 6.98. The molecule has 4 heterocycles. The molecule has 2 aliphatic heterocycles. The van der Waals surface area contributed by atoms with Crippen molar-refractivity contribution in [1.82, 2.24) is 14.9 Å². The fraction of sp³-hybridized carbons (Fsp3) is 0.556. The minimum atomic E-state index is 0.0551. The molecule has 2 aliphatic rings. The van der Waals surface area contributed by atoms with Crippen molar-refractivity contribution < 1.29 is 9.15 Å². The molecular weight excluding hydrogens is 304 g/mol. The summed E-state index contributed by atoms with van der Waals surface area (Å²) in [6.07, 6.45) is 9.49. The maximum atomic E-state index is 6.13. The predicted octanol–water partition coefficient (Wildman–Crippen LogP) is 2.47. The summed E-state index contributed by atoms with van der Waals surface area (Å²) in [4.78, 5) is 11.0. The van der Waals surface area contributed by atoms with Crippen LogP contribution >= 0.6 is 0 Å². The number of likely N-dealkylation sites (tertiary alicyclic amines) is 1. The van der Waals surface area contributed by atoms with Crippen LogP contribution in [0.5, 0.6) is 0 Å². The minimum Gasteiger partial charge on any atom is -0.472 e. The molecule has 0 bridgehead atoms. The third kappa shape index (κ3) is 3.16. The van der Waals surface area contributed by atoms with E-state index in [1.54, 1.807) is 6.26 Å². The fourth-order valence-corrected chi connectivity index (χ4v) is 3.85. The second kappa shape index (κ2) is 6.53. The van der Waals surface area contributed by atoms with Crippen molar-refractivity contribution >= 4 is 5.95 Å². The Labute approximate surface area is 142 Å². The minimum absolute atomic E-state index is 0.0551. The van der Waals surface area contributed by atoms with Crippen molar-refractivity contribution in [3.63, 3.8) is 0 Å². The first-order valence-electron chi connectivity index (χ1n) is 8.63. The van der Waals surface area contributed by atoms with Crippen LogP contribution in [0.1, 0.15) is 24.0 Å². The number of ether oxygens (including phenoxy) is 1. The van der Waals surface area contributed by atoms with Crippen LogP contribution in [0.2, 0.25) is 0 Å². The lowest BCUT2D eigenvalue weighted by Crippen LogP contribution is -2.64. The molecule has 2 saturated heterocycles. The lowest BCUT2D eigenvalue weighted by molar-refractivity contribution is -0.136. The molecule has 0 aromatic carbocycles. The predicted molar refractivity (Wildman–Crippen MR) is 90.7 cm³/mol. The van der Waals surface area contributed by atoms with E-state index in [-0.39, 0.29) is 5.60 Å². The summed E-state index contributed by atoms with van der Waals surface area (Å²) in [6, 6.07) is 2.03. The van der Waals surface area contributed by atoms with Gasteiger partial charge in [-0.05, 0) is 37.3 Å². The molecule has 0 radical (unpaired) electrons. The van der Waals surface area contributed by atoms with Crippen LogP contribution < -0.4 is 5.32 Å². The summed E-state index contributed by atoms with van der Waals surface area (Å²) in [5.41, 5.74) is 2.37. The van der Waals surface area contributed by atoms with Gasteiger partial charge in [-0.3, -0.25) is 4.90 Å². The highest BCUT2D eigenvalue weighted by Gasteiger charge is 2.52. The van der Waals surface area contributed by atoms with E-state index in [1.165, 1.54) is 5.56 Å². The van der Waals surface area contributed by atoms with Gasteiger partial charge in [-0.1, -0.05) is 0 Å². The van der Waals surface area contributed by atoms with Crippen molar-refractivity contribution in [2.24, 2.45) is 5.92 Å². The van der Waals surface area contributed by atoms with E-state index >= 15 is 0 Å². The van der Waals surface area contributed by atoms with Crippen molar-refractivity contribution in [3.05, 3.63) is 42.1 Å². The Kier molecular flexibility index (Phi) is 4.24. The maximum Gasteiger partial charge on any atom is 0.222 e. The summed E-state index contributed by atoms with van der Waals surface area (Å²) < 4.78 is 11.3. The van der Waals surface area contributed by atoms with Gasteiger partial charge in [-0.25, -0.2) is 9.97 Å². The van der Waals surface area contributed by atoms with Crippen LogP contribution in [0, 0.1) is 12.8 Å². The molecule has 1 N–H and O–H groups in total. The lowest BCUT2D eigenvalue weighted by Gasteiger charge is -2.50. The van der Waals surface area contributed by atoms with E-state index in [1.807, 2.05) is 31.6 Å². The summed E-state index contributed by atoms with van der Waals surface area (Å²) in [5.74, 6) is 1.32. The number of nitrogens with zero attached hydrogens (tertiary/aromatic N) is 3. The first-order valence-corrected chi connectivity index (χ1v) is 8.63. The van der Waals surface area contributed by atoms with E-state index in [0.717, 1.165) is 51.2 Å². The first-order chi connectivity index (χ1) is 11.7. The van der Waals surface area contributed by atoms with E-state index in [2.05, 4.69) is 20.2 Å². The number of rotatable bonds is 6. The van der Waals surface area contributed by atoms with E-state index < -0.39 is 0 Å². The molecule has 0 unspecified atom stereocenters. The zero-order valence-corrected chi connectivity index (χ0v) is 14.1. The highest BCUT2D eigenvalue weighted by atomic mass is 16.5. The standard InChI is InChI=1S/C18H24N4O2/c1-14-8-20-17(21-9-14)19-5-2-16-4-7-24-18(16)12-22(13-18)10-15-3-6-23-11-15/h3,6,8-9,11,16H,2,4-5,7,10,12-13H2,1H3,(H,19,20,21)/t16-/m1/s1. The zero-order valence-electron chi connectivity index (χ0n) is 14.1. The van der Waals surface area contributed by atoms with Gasteiger partial charge in [0.2, 0.25) is 5.95 Å². The van der Waals surface area contributed by atoms with Crippen molar-refractivity contribution in [2.45, 2.75) is 31.9 Å². The Morgan fingerprint density at radius 1 is 1.33 bits per heavy atom. The zero-order chi connectivity index (χ0) is 16.4. The quantitative estimate of drug-likeness (QED) is 0.879. The van der Waals surface area contributed by atoms with Crippen LogP contribution in [-0.2, 0) is 11.3 Å². The Hall–Kier alpha value is -1.92. The molecule has 128 valence electrons. The highest BCUT2D eigenvalue weighted by Crippen LogP contribution is 2.42. The molecule has 6 nitrogen and oxygen atoms in total. The van der Waals surface area contributed by atoms with Gasteiger partial charge in [0, 0.05) is 50.7 Å². The molecule has 0 saturated carbocycles. The normalized spacial score (nSPS) is 22.6. The van der Waals surface area contributed by atoms with Crippen molar-refractivity contribution in [2.75, 3.05) is 31.6 Å². The van der Waals surface area contributed by atoms with Crippen LogP contribution in [0.25, 0.3) is 0 Å². The van der Waals surface area contributed by atoms with Crippen LogP contribution in [-0.4, -0.2) is 46.7 Å². The number of anilines is 1. The number of furan rings is 1. The largest absolute Gasteiger partial charge is 0.472 e. The second-order valence-electron chi connectivity index (χ2n) is 6.98. The Morgan fingerprint density at radius 3 is 2.92 bits per heavy atom. The Morgan fingerprint density at radius 2 is 2.17 bits per heavy atom. The van der Waals surface area contributed by atoms with Crippen molar-refractivity contribution in [1.29, 1.82) is 0 Å². The smallest absolute Gasteiger partial charge is 0.222 e. The van der Waals surface area contributed by atoms with Gasteiger partial charge in [0.1, 0.15) is 0 Å². The molecule has 0 amide bonds. The molecule has 2 aromatic heterocycles. The lowest BCUT2D eigenvalue weighted by atomic mass is 9.79. The maximum absolute atomic E-state index is 6.13. The number of nitrogens with one attached hydrogen (secondary N) is 1. The molecule has 4 rings (SSSR count). The van der Waals surface area contributed by atoms with E-state index in [4.69, 9.17) is 9.15 Å². The van der Waals surface area contributed by atoms with E-state index in [0.29, 0.717) is 11.9 Å². The van der Waals surface area contributed by atoms with E-state index in [9.17, 15) is 0 Å². The van der Waals surface area contributed by atoms with Gasteiger partial charge in [0.05, 0.1) is 18.1 Å². The van der Waals surface area contributed by atoms with Gasteiger partial charge < -0.3 is 14.5 Å². The van der Waals surface area contributed by atoms with Gasteiger partial charge in [-0.2, -0.15) is 0 Å². The molecule has 2 aromatic rings. The molecule has 1 spiro atoms. The van der Waals surface area contributed by atoms with Gasteiger partial charge in [0.15, 0.2) is 0 Å². The molecule has 1 atom stereocenters. The van der Waals surface area contributed by atoms with Crippen molar-refractivity contribution in [3.8, 4) is 0 Å². The fourth-order valence-electron chi connectivity index (χ4n) is 3.85. The highest BCUT2D eigenvalue weighted by molar-refractivity contribution is 5.24. The summed E-state index contributed by atoms with van der Waals surface area (Å²) in [7, 11) is 0. The molecule has 0 aliphatic carbocycles. The number of aryl methyl sites for hydroxylation is 1. The Balaban J connectivity index is 1.26. The topological polar surface area (TPSA) is 63.4 Å². The molecule has 6 heteroatoms. The molecule has 2 fully saturated rings. The molecule has 24 heavy (non-hydrogen) atoms. The summed E-state index contributed by atoms with van der Waals surface area (Å²) in [6.45, 7) is 6.75. The number of hydrogen-bond donors (Lipinski definition) is 1. The van der Waals surface area contributed by atoms with Crippen LogP contribution in [0.4, 0.5) is 5.95 Å². The number of hydrogen-bond acceptors (Lipinski definition) is 6. The van der Waals surface area contributed by atoms with Crippen LogP contribution in [0.3, 0.4) is 0 Å². The van der Waals surface area contributed by atoms with Gasteiger partial charge in [-0.15, -0.1) is 0 Å². The summed E-state index contributed by atoms with van der Waals surface area (Å²) >= 11 is 0. The van der Waals surface area contributed by atoms with Gasteiger partial charge in [0.25, 0.3) is 0 Å². The molecular formula is C18H24N4O2. The van der Waals surface area contributed by atoms with Crippen LogP contribution in [0.15, 0.2) is 35.4 Å². The summed E-state index contributed by atoms with van der Waals surface area (Å²) in [5, 5.41) is 3.33. The third-order valence-electron chi connectivity index (χ3n) is 5.13. The monoisotopic (exact) mass is 328 g/mol. The average molecular weight is 328 g/mol.